The number of amides is 2. The standard InChI is InChI=1S/C27H33F3N4O4/c1-37-21-8-4-18(5-9-21)22-16-23(22)32-11-10-31-17-24(26(36)34-12-14-38-15-13-34)33-25(35)19-2-6-20(7-3-19)27(28,29)30/h2-9,22-24,31-32H,10-17H2,1H3,(H,33,35). The van der Waals surface area contributed by atoms with Gasteiger partial charge in [-0.2, -0.15) is 13.2 Å². The van der Waals surface area contributed by atoms with E-state index in [9.17, 15) is 22.8 Å². The molecule has 1 aliphatic carbocycles. The second-order valence-electron chi connectivity index (χ2n) is 9.42. The van der Waals surface area contributed by atoms with Gasteiger partial charge in [-0.15, -0.1) is 0 Å². The van der Waals surface area contributed by atoms with E-state index in [4.69, 9.17) is 9.47 Å². The lowest BCUT2D eigenvalue weighted by Crippen LogP contribution is -2.55. The molecule has 4 rings (SSSR count). The van der Waals surface area contributed by atoms with E-state index in [1.54, 1.807) is 12.0 Å². The number of hydrogen-bond acceptors (Lipinski definition) is 6. The van der Waals surface area contributed by atoms with Gasteiger partial charge >= 0.3 is 6.18 Å². The number of ether oxygens (including phenoxy) is 2. The molecule has 0 spiro atoms. The predicted octanol–water partition coefficient (Wildman–Crippen LogP) is 2.41. The summed E-state index contributed by atoms with van der Waals surface area (Å²) in [6, 6.07) is 11.5. The Kier molecular flexibility index (Phi) is 9.24. The van der Waals surface area contributed by atoms with Gasteiger partial charge in [-0.25, -0.2) is 0 Å². The zero-order valence-corrected chi connectivity index (χ0v) is 21.2. The van der Waals surface area contributed by atoms with Gasteiger partial charge in [0.1, 0.15) is 11.8 Å². The van der Waals surface area contributed by atoms with E-state index in [1.807, 2.05) is 12.1 Å². The molecule has 2 amide bonds. The molecule has 3 unspecified atom stereocenters. The molecule has 2 aromatic rings. The smallest absolute Gasteiger partial charge is 0.416 e. The fraction of sp³-hybridized carbons (Fsp3) is 0.481. The number of carbonyl (C=O) groups is 2. The quantitative estimate of drug-likeness (QED) is 0.384. The van der Waals surface area contributed by atoms with Gasteiger partial charge in [0.05, 0.1) is 25.9 Å². The monoisotopic (exact) mass is 534 g/mol. The normalized spacial score (nSPS) is 20.1. The second-order valence-corrected chi connectivity index (χ2v) is 9.42. The summed E-state index contributed by atoms with van der Waals surface area (Å²) in [4.78, 5) is 27.5. The molecule has 3 N–H and O–H groups in total. The van der Waals surface area contributed by atoms with Crippen LogP contribution in [-0.2, 0) is 15.7 Å². The molecule has 1 heterocycles. The average molecular weight is 535 g/mol. The van der Waals surface area contributed by atoms with Crippen LogP contribution in [0.4, 0.5) is 13.2 Å². The van der Waals surface area contributed by atoms with Crippen LogP contribution in [-0.4, -0.2) is 81.8 Å². The van der Waals surface area contributed by atoms with Crippen molar-refractivity contribution < 1.29 is 32.2 Å². The lowest BCUT2D eigenvalue weighted by atomic mass is 10.1. The Morgan fingerprint density at radius 1 is 1.05 bits per heavy atom. The summed E-state index contributed by atoms with van der Waals surface area (Å²) in [7, 11) is 1.64. The first kappa shape index (κ1) is 27.9. The summed E-state index contributed by atoms with van der Waals surface area (Å²) < 4.78 is 49.1. The number of morpholine rings is 1. The molecular formula is C27H33F3N4O4. The number of hydrogen-bond donors (Lipinski definition) is 3. The molecule has 0 aromatic heterocycles. The number of alkyl halides is 3. The van der Waals surface area contributed by atoms with Gasteiger partial charge in [-0.3, -0.25) is 9.59 Å². The second kappa shape index (κ2) is 12.6. The van der Waals surface area contributed by atoms with Gasteiger partial charge in [0.15, 0.2) is 0 Å². The van der Waals surface area contributed by atoms with E-state index in [0.717, 1.165) is 36.4 Å². The maximum absolute atomic E-state index is 13.1. The lowest BCUT2D eigenvalue weighted by Gasteiger charge is -2.31. The van der Waals surface area contributed by atoms with Crippen molar-refractivity contribution in [3.63, 3.8) is 0 Å². The number of carbonyl (C=O) groups excluding carboxylic acids is 2. The number of benzene rings is 2. The average Bonchev–Trinajstić information content (AvgIpc) is 3.71. The van der Waals surface area contributed by atoms with Crippen LogP contribution in [0.1, 0.15) is 33.8 Å². The van der Waals surface area contributed by atoms with Crippen molar-refractivity contribution in [3.8, 4) is 5.75 Å². The topological polar surface area (TPSA) is 91.9 Å². The molecule has 2 fully saturated rings. The van der Waals surface area contributed by atoms with Crippen LogP contribution in [0, 0.1) is 0 Å². The van der Waals surface area contributed by atoms with Crippen LogP contribution in [0.15, 0.2) is 48.5 Å². The fourth-order valence-corrected chi connectivity index (χ4v) is 4.49. The highest BCUT2D eigenvalue weighted by Gasteiger charge is 2.37. The Labute approximate surface area is 219 Å². The van der Waals surface area contributed by atoms with Crippen LogP contribution in [0.5, 0.6) is 5.75 Å². The molecule has 0 bridgehead atoms. The van der Waals surface area contributed by atoms with Crippen molar-refractivity contribution in [2.45, 2.75) is 30.6 Å². The minimum absolute atomic E-state index is 0.0535. The molecule has 2 aliphatic rings. The summed E-state index contributed by atoms with van der Waals surface area (Å²) in [5.74, 6) is 0.427. The fourth-order valence-electron chi connectivity index (χ4n) is 4.49. The highest BCUT2D eigenvalue weighted by Crippen LogP contribution is 2.41. The number of methoxy groups -OCH3 is 1. The molecule has 38 heavy (non-hydrogen) atoms. The van der Waals surface area contributed by atoms with E-state index in [-0.39, 0.29) is 18.0 Å². The summed E-state index contributed by atoms with van der Waals surface area (Å²) in [5, 5.41) is 9.42. The van der Waals surface area contributed by atoms with E-state index in [1.165, 1.54) is 5.56 Å². The maximum Gasteiger partial charge on any atom is 0.416 e. The van der Waals surface area contributed by atoms with Crippen LogP contribution in [0.2, 0.25) is 0 Å². The van der Waals surface area contributed by atoms with Gasteiger partial charge in [0, 0.05) is 50.2 Å². The third-order valence-corrected chi connectivity index (χ3v) is 6.79. The molecule has 3 atom stereocenters. The first-order valence-electron chi connectivity index (χ1n) is 12.7. The van der Waals surface area contributed by atoms with Crippen molar-refractivity contribution in [1.82, 2.24) is 20.9 Å². The Hall–Kier alpha value is -3.15. The van der Waals surface area contributed by atoms with Gasteiger partial charge in [-0.05, 0) is 48.4 Å². The van der Waals surface area contributed by atoms with E-state index in [2.05, 4.69) is 28.1 Å². The van der Waals surface area contributed by atoms with Gasteiger partial charge < -0.3 is 30.3 Å². The first-order chi connectivity index (χ1) is 18.3. The molecule has 8 nitrogen and oxygen atoms in total. The minimum Gasteiger partial charge on any atom is -0.497 e. The lowest BCUT2D eigenvalue weighted by molar-refractivity contribution is -0.138. The van der Waals surface area contributed by atoms with Crippen molar-refractivity contribution in [3.05, 3.63) is 65.2 Å². The number of nitrogens with zero attached hydrogens (tertiary/aromatic N) is 1. The van der Waals surface area contributed by atoms with Gasteiger partial charge in [-0.1, -0.05) is 12.1 Å². The van der Waals surface area contributed by atoms with Crippen LogP contribution >= 0.6 is 0 Å². The molecular weight excluding hydrogens is 501 g/mol. The molecule has 1 saturated heterocycles. The number of nitrogens with one attached hydrogen (secondary N) is 3. The van der Waals surface area contributed by atoms with Crippen LogP contribution in [0.3, 0.4) is 0 Å². The molecule has 11 heteroatoms. The van der Waals surface area contributed by atoms with Crippen molar-refractivity contribution in [1.29, 1.82) is 0 Å². The van der Waals surface area contributed by atoms with Gasteiger partial charge in [0.25, 0.3) is 5.91 Å². The van der Waals surface area contributed by atoms with Crippen molar-refractivity contribution in [2.75, 3.05) is 53.0 Å². The van der Waals surface area contributed by atoms with Gasteiger partial charge in [0.2, 0.25) is 5.91 Å². The largest absolute Gasteiger partial charge is 0.497 e. The van der Waals surface area contributed by atoms with Crippen molar-refractivity contribution >= 4 is 11.8 Å². The first-order valence-corrected chi connectivity index (χ1v) is 12.7. The maximum atomic E-state index is 13.1. The Morgan fingerprint density at radius 3 is 2.37 bits per heavy atom. The predicted molar refractivity (Wildman–Crippen MR) is 135 cm³/mol. The van der Waals surface area contributed by atoms with E-state index >= 15 is 0 Å². The summed E-state index contributed by atoms with van der Waals surface area (Å²) >= 11 is 0. The molecule has 1 aliphatic heterocycles. The summed E-state index contributed by atoms with van der Waals surface area (Å²) in [6.45, 7) is 3.12. The Morgan fingerprint density at radius 2 is 1.74 bits per heavy atom. The Balaban J connectivity index is 1.27. The number of halogens is 3. The number of rotatable bonds is 11. The highest BCUT2D eigenvalue weighted by molar-refractivity contribution is 5.97. The SMILES string of the molecule is COc1ccc(C2CC2NCCNCC(NC(=O)c2ccc(C(F)(F)F)cc2)C(=O)N2CCOCC2)cc1. The zero-order chi connectivity index (χ0) is 27.1. The van der Waals surface area contributed by atoms with E-state index in [0.29, 0.717) is 51.4 Å². The third-order valence-electron chi connectivity index (χ3n) is 6.79. The minimum atomic E-state index is -4.49. The summed E-state index contributed by atoms with van der Waals surface area (Å²) in [5.41, 5.74) is 0.477. The molecule has 206 valence electrons. The van der Waals surface area contributed by atoms with E-state index < -0.39 is 23.7 Å². The van der Waals surface area contributed by atoms with Crippen LogP contribution in [0.25, 0.3) is 0 Å². The zero-order valence-electron chi connectivity index (χ0n) is 21.2. The molecule has 1 saturated carbocycles. The Bertz CT molecular complexity index is 1070. The molecule has 0 radical (unpaired) electrons. The summed E-state index contributed by atoms with van der Waals surface area (Å²) in [6.07, 6.45) is -3.44. The molecule has 2 aromatic carbocycles. The third kappa shape index (κ3) is 7.46. The highest BCUT2D eigenvalue weighted by atomic mass is 19.4. The van der Waals surface area contributed by atoms with Crippen LogP contribution < -0.4 is 20.7 Å². The van der Waals surface area contributed by atoms with Crippen molar-refractivity contribution in [2.24, 2.45) is 0 Å².